The first-order valence-corrected chi connectivity index (χ1v) is 8.64. The van der Waals surface area contributed by atoms with Gasteiger partial charge in [0.15, 0.2) is 0 Å². The van der Waals surface area contributed by atoms with Crippen LogP contribution < -0.4 is 5.32 Å². The number of aryl methyl sites for hydroxylation is 1. The van der Waals surface area contributed by atoms with Gasteiger partial charge >= 0.3 is 0 Å². The second-order valence-electron chi connectivity index (χ2n) is 6.45. The molecule has 26 heavy (non-hydrogen) atoms. The van der Waals surface area contributed by atoms with Crippen LogP contribution in [0.1, 0.15) is 53.0 Å². The number of carbonyl (C=O) groups is 4. The van der Waals surface area contributed by atoms with E-state index in [-0.39, 0.29) is 24.7 Å². The molecule has 2 aromatic rings. The molecule has 6 heteroatoms. The maximum absolute atomic E-state index is 13.0. The standard InChI is InChI=1S/C20H20N2O4/c1-3-13-9-14-5-4-6-15-18(14)16(10-13)20(26)22(19(15)25)12(2)7-8-17(24)21-11-23/h4-6,9-12H,3,7-8H2,1-2H3,(H,21,23,24). The molecule has 1 atom stereocenters. The highest BCUT2D eigenvalue weighted by atomic mass is 16.2. The Kier molecular flexibility index (Phi) is 4.84. The molecule has 0 bridgehead atoms. The SMILES string of the molecule is CCc1cc2c3c(cccc3c1)C(=O)N(C(C)CCC(=O)NC=O)C2=O. The molecular formula is C20H20N2O4. The summed E-state index contributed by atoms with van der Waals surface area (Å²) >= 11 is 0. The van der Waals surface area contributed by atoms with Crippen molar-refractivity contribution in [1.29, 1.82) is 0 Å². The lowest BCUT2D eigenvalue weighted by atomic mass is 9.90. The Balaban J connectivity index is 1.98. The summed E-state index contributed by atoms with van der Waals surface area (Å²) < 4.78 is 0. The van der Waals surface area contributed by atoms with Gasteiger partial charge in [-0.25, -0.2) is 0 Å². The van der Waals surface area contributed by atoms with E-state index < -0.39 is 11.9 Å². The van der Waals surface area contributed by atoms with E-state index in [1.165, 1.54) is 4.90 Å². The number of amides is 4. The van der Waals surface area contributed by atoms with E-state index in [0.717, 1.165) is 17.4 Å². The number of nitrogens with one attached hydrogen (secondary N) is 1. The number of hydrogen-bond donors (Lipinski definition) is 1. The maximum atomic E-state index is 13.0. The Bertz CT molecular complexity index is 919. The summed E-state index contributed by atoms with van der Waals surface area (Å²) in [7, 11) is 0. The predicted molar refractivity (Wildman–Crippen MR) is 96.7 cm³/mol. The first kappa shape index (κ1) is 17.8. The lowest BCUT2D eigenvalue weighted by Crippen LogP contribution is -2.46. The summed E-state index contributed by atoms with van der Waals surface area (Å²) in [6, 6.07) is 8.84. The van der Waals surface area contributed by atoms with E-state index in [4.69, 9.17) is 0 Å². The summed E-state index contributed by atoms with van der Waals surface area (Å²) in [4.78, 5) is 49.0. The number of carbonyl (C=O) groups excluding carboxylic acids is 4. The molecule has 4 amide bonds. The molecule has 1 aliphatic heterocycles. The molecule has 1 unspecified atom stereocenters. The van der Waals surface area contributed by atoms with Crippen molar-refractivity contribution >= 4 is 34.9 Å². The number of imide groups is 2. The largest absolute Gasteiger partial charge is 0.299 e. The summed E-state index contributed by atoms with van der Waals surface area (Å²) in [5.74, 6) is -1.11. The van der Waals surface area contributed by atoms with Gasteiger partial charge in [0, 0.05) is 29.0 Å². The third kappa shape index (κ3) is 2.98. The molecule has 2 aromatic carbocycles. The third-order valence-electron chi connectivity index (χ3n) is 4.79. The highest BCUT2D eigenvalue weighted by Crippen LogP contribution is 2.32. The molecule has 1 N–H and O–H groups in total. The number of hydrogen-bond acceptors (Lipinski definition) is 4. The van der Waals surface area contributed by atoms with Crippen molar-refractivity contribution in [2.45, 2.75) is 39.2 Å². The minimum absolute atomic E-state index is 0.0586. The summed E-state index contributed by atoms with van der Waals surface area (Å²) in [5.41, 5.74) is 2.06. The normalized spacial score (nSPS) is 14.5. The van der Waals surface area contributed by atoms with Crippen LogP contribution in [0.5, 0.6) is 0 Å². The number of rotatable bonds is 6. The molecule has 3 rings (SSSR count). The Labute approximate surface area is 151 Å². The van der Waals surface area contributed by atoms with Crippen LogP contribution in [0, 0.1) is 0 Å². The van der Waals surface area contributed by atoms with Gasteiger partial charge in [-0.2, -0.15) is 0 Å². The molecule has 0 saturated heterocycles. The number of nitrogens with zero attached hydrogens (tertiary/aromatic N) is 1. The second kappa shape index (κ2) is 7.07. The Morgan fingerprint density at radius 2 is 1.92 bits per heavy atom. The zero-order valence-electron chi connectivity index (χ0n) is 14.7. The van der Waals surface area contributed by atoms with Crippen LogP contribution in [0.15, 0.2) is 30.3 Å². The van der Waals surface area contributed by atoms with Crippen molar-refractivity contribution in [3.63, 3.8) is 0 Å². The summed E-state index contributed by atoms with van der Waals surface area (Å²) in [6.07, 6.45) is 1.46. The van der Waals surface area contributed by atoms with Crippen LogP contribution in [0.3, 0.4) is 0 Å². The molecule has 1 heterocycles. The highest BCUT2D eigenvalue weighted by Gasteiger charge is 2.35. The first-order valence-electron chi connectivity index (χ1n) is 8.64. The van der Waals surface area contributed by atoms with Gasteiger partial charge in [0.25, 0.3) is 11.8 Å². The van der Waals surface area contributed by atoms with E-state index in [0.29, 0.717) is 22.9 Å². The lowest BCUT2D eigenvalue weighted by molar-refractivity contribution is -0.125. The molecule has 0 fully saturated rings. The van der Waals surface area contributed by atoms with Crippen LogP contribution in [0.25, 0.3) is 10.8 Å². The van der Waals surface area contributed by atoms with Crippen molar-refractivity contribution in [3.8, 4) is 0 Å². The van der Waals surface area contributed by atoms with E-state index >= 15 is 0 Å². The monoisotopic (exact) mass is 352 g/mol. The van der Waals surface area contributed by atoms with Gasteiger partial charge in [0.2, 0.25) is 12.3 Å². The summed E-state index contributed by atoms with van der Waals surface area (Å²) in [6.45, 7) is 3.75. The fourth-order valence-corrected chi connectivity index (χ4v) is 3.40. The van der Waals surface area contributed by atoms with Crippen LogP contribution >= 0.6 is 0 Å². The average Bonchev–Trinajstić information content (AvgIpc) is 2.64. The summed E-state index contributed by atoms with van der Waals surface area (Å²) in [5, 5.41) is 3.65. The average molecular weight is 352 g/mol. The van der Waals surface area contributed by atoms with Gasteiger partial charge in [0.05, 0.1) is 0 Å². The van der Waals surface area contributed by atoms with E-state index in [9.17, 15) is 19.2 Å². The second-order valence-corrected chi connectivity index (χ2v) is 6.45. The zero-order chi connectivity index (χ0) is 18.8. The molecule has 0 spiro atoms. The van der Waals surface area contributed by atoms with Crippen LogP contribution in [0.2, 0.25) is 0 Å². The third-order valence-corrected chi connectivity index (χ3v) is 4.79. The molecule has 0 aliphatic carbocycles. The molecule has 0 aromatic heterocycles. The van der Waals surface area contributed by atoms with Gasteiger partial charge in [-0.1, -0.05) is 25.1 Å². The van der Waals surface area contributed by atoms with Gasteiger partial charge in [-0.15, -0.1) is 0 Å². The predicted octanol–water partition coefficient (Wildman–Crippen LogP) is 2.44. The smallest absolute Gasteiger partial charge is 0.261 e. The Hall–Kier alpha value is -3.02. The fourth-order valence-electron chi connectivity index (χ4n) is 3.40. The number of benzene rings is 2. The first-order chi connectivity index (χ1) is 12.5. The maximum Gasteiger partial charge on any atom is 0.261 e. The van der Waals surface area contributed by atoms with Gasteiger partial charge in [-0.3, -0.25) is 29.4 Å². The van der Waals surface area contributed by atoms with Crippen molar-refractivity contribution in [2.24, 2.45) is 0 Å². The van der Waals surface area contributed by atoms with E-state index in [2.05, 4.69) is 5.32 Å². The van der Waals surface area contributed by atoms with Crippen molar-refractivity contribution < 1.29 is 19.2 Å². The molecule has 0 radical (unpaired) electrons. The minimum atomic E-state index is -0.457. The lowest BCUT2D eigenvalue weighted by Gasteiger charge is -2.32. The van der Waals surface area contributed by atoms with E-state index in [1.807, 2.05) is 31.2 Å². The Morgan fingerprint density at radius 3 is 2.62 bits per heavy atom. The van der Waals surface area contributed by atoms with Gasteiger partial charge in [-0.05, 0) is 42.8 Å². The topological polar surface area (TPSA) is 83.6 Å². The molecule has 0 saturated carbocycles. The minimum Gasteiger partial charge on any atom is -0.299 e. The van der Waals surface area contributed by atoms with Crippen LogP contribution in [-0.4, -0.2) is 35.1 Å². The molecule has 6 nitrogen and oxygen atoms in total. The van der Waals surface area contributed by atoms with Gasteiger partial charge in [0.1, 0.15) is 0 Å². The molecule has 134 valence electrons. The molecule has 1 aliphatic rings. The molecular weight excluding hydrogens is 332 g/mol. The van der Waals surface area contributed by atoms with Gasteiger partial charge < -0.3 is 0 Å². The van der Waals surface area contributed by atoms with Crippen molar-refractivity contribution in [1.82, 2.24) is 10.2 Å². The zero-order valence-corrected chi connectivity index (χ0v) is 14.7. The van der Waals surface area contributed by atoms with Crippen molar-refractivity contribution in [3.05, 3.63) is 47.0 Å². The van der Waals surface area contributed by atoms with Crippen molar-refractivity contribution in [2.75, 3.05) is 0 Å². The van der Waals surface area contributed by atoms with Crippen LogP contribution in [-0.2, 0) is 16.0 Å². The van der Waals surface area contributed by atoms with Crippen LogP contribution in [0.4, 0.5) is 0 Å². The highest BCUT2D eigenvalue weighted by molar-refractivity contribution is 6.25. The fraction of sp³-hybridized carbons (Fsp3) is 0.300. The van der Waals surface area contributed by atoms with E-state index in [1.54, 1.807) is 13.0 Å². The Morgan fingerprint density at radius 1 is 1.19 bits per heavy atom. The quantitative estimate of drug-likeness (QED) is 0.639.